The Morgan fingerprint density at radius 2 is 2.19 bits per heavy atom. The van der Waals surface area contributed by atoms with E-state index in [1.165, 1.54) is 4.88 Å². The molecule has 1 aromatic heterocycles. The van der Waals surface area contributed by atoms with Crippen molar-refractivity contribution in [1.82, 2.24) is 5.32 Å². The van der Waals surface area contributed by atoms with Crippen molar-refractivity contribution < 1.29 is 9.53 Å². The monoisotopic (exact) mass is 302 g/mol. The van der Waals surface area contributed by atoms with Crippen LogP contribution in [0.5, 0.6) is 5.75 Å². The Kier molecular flexibility index (Phi) is 4.40. The van der Waals surface area contributed by atoms with Crippen LogP contribution in [0.2, 0.25) is 0 Å². The molecule has 0 fully saturated rings. The van der Waals surface area contributed by atoms with Gasteiger partial charge in [-0.05, 0) is 30.0 Å². The molecule has 0 unspecified atom stereocenters. The first kappa shape index (κ1) is 13.9. The number of thiophene rings is 1. The fraction of sp³-hybridized carbons (Fsp3) is 0.312. The van der Waals surface area contributed by atoms with Crippen LogP contribution in [0.15, 0.2) is 41.8 Å². The predicted molar refractivity (Wildman–Crippen MR) is 84.9 cm³/mol. The van der Waals surface area contributed by atoms with Crippen LogP contribution in [0.3, 0.4) is 0 Å². The molecule has 2 aromatic rings. The van der Waals surface area contributed by atoms with Gasteiger partial charge in [-0.3, -0.25) is 4.79 Å². The largest absolute Gasteiger partial charge is 0.491 e. The Morgan fingerprint density at radius 3 is 3.05 bits per heavy atom. The van der Waals surface area contributed by atoms with E-state index in [2.05, 4.69) is 10.2 Å². The van der Waals surface area contributed by atoms with Crippen molar-refractivity contribution in [3.63, 3.8) is 0 Å². The Labute approximate surface area is 128 Å². The van der Waals surface area contributed by atoms with Gasteiger partial charge in [0.25, 0.3) is 0 Å². The minimum absolute atomic E-state index is 0.0418. The number of fused-ring (bicyclic) bond motifs is 1. The number of nitrogens with zero attached hydrogens (tertiary/aromatic N) is 1. The van der Waals surface area contributed by atoms with Crippen molar-refractivity contribution in [2.75, 3.05) is 24.6 Å². The lowest BCUT2D eigenvalue weighted by atomic mass is 10.2. The van der Waals surface area contributed by atoms with Gasteiger partial charge in [0.05, 0.1) is 25.4 Å². The molecule has 5 heteroatoms. The van der Waals surface area contributed by atoms with Gasteiger partial charge in [0.15, 0.2) is 0 Å². The second-order valence-corrected chi connectivity index (χ2v) is 5.98. The van der Waals surface area contributed by atoms with Crippen LogP contribution in [0, 0.1) is 0 Å². The molecule has 0 radical (unpaired) electrons. The van der Waals surface area contributed by atoms with Gasteiger partial charge in [-0.1, -0.05) is 18.2 Å². The summed E-state index contributed by atoms with van der Waals surface area (Å²) in [7, 11) is 0. The first-order valence-electron chi connectivity index (χ1n) is 7.09. The highest BCUT2D eigenvalue weighted by molar-refractivity contribution is 7.09. The minimum atomic E-state index is 0.0418. The third-order valence-electron chi connectivity index (χ3n) is 3.41. The van der Waals surface area contributed by atoms with Crippen molar-refractivity contribution >= 4 is 22.9 Å². The summed E-state index contributed by atoms with van der Waals surface area (Å²) in [5.74, 6) is 0.904. The maximum Gasteiger partial charge on any atom is 0.239 e. The molecular weight excluding hydrogens is 284 g/mol. The molecule has 1 aliphatic rings. The van der Waals surface area contributed by atoms with Gasteiger partial charge in [-0.2, -0.15) is 0 Å². The molecule has 1 N–H and O–H groups in total. The predicted octanol–water partition coefficient (Wildman–Crippen LogP) is 2.65. The second-order valence-electron chi connectivity index (χ2n) is 4.95. The molecule has 3 rings (SSSR count). The molecule has 1 aliphatic heterocycles. The molecule has 0 saturated heterocycles. The van der Waals surface area contributed by atoms with Crippen LogP contribution in [0.4, 0.5) is 5.69 Å². The van der Waals surface area contributed by atoms with E-state index < -0.39 is 0 Å². The van der Waals surface area contributed by atoms with Crippen LogP contribution < -0.4 is 15.0 Å². The summed E-state index contributed by atoms with van der Waals surface area (Å²) >= 11 is 1.65. The molecule has 110 valence electrons. The van der Waals surface area contributed by atoms with Crippen molar-refractivity contribution in [2.45, 2.75) is 13.0 Å². The van der Waals surface area contributed by atoms with Crippen LogP contribution in [0.1, 0.15) is 11.3 Å². The standard InChI is InChI=1S/C16H18N2O2S/c19-16(17-11-13-5-3-10-21-13)12-18-8-4-9-20-15-7-2-1-6-14(15)18/h1-3,5-7,10H,4,8-9,11-12H2,(H,17,19). The van der Waals surface area contributed by atoms with Crippen LogP contribution in [0.25, 0.3) is 0 Å². The molecule has 0 bridgehead atoms. The van der Waals surface area contributed by atoms with E-state index in [-0.39, 0.29) is 5.91 Å². The van der Waals surface area contributed by atoms with Crippen LogP contribution in [-0.2, 0) is 11.3 Å². The number of carbonyl (C=O) groups excluding carboxylic acids is 1. The first-order chi connectivity index (χ1) is 10.3. The van der Waals surface area contributed by atoms with Gasteiger partial charge < -0.3 is 15.0 Å². The minimum Gasteiger partial charge on any atom is -0.491 e. The average Bonchev–Trinajstić information content (AvgIpc) is 2.94. The molecule has 1 amide bonds. The Balaban J connectivity index is 1.62. The van der Waals surface area contributed by atoms with Crippen molar-refractivity contribution in [3.8, 4) is 5.75 Å². The highest BCUT2D eigenvalue weighted by atomic mass is 32.1. The lowest BCUT2D eigenvalue weighted by molar-refractivity contribution is -0.119. The van der Waals surface area contributed by atoms with E-state index in [9.17, 15) is 4.79 Å². The van der Waals surface area contributed by atoms with Crippen molar-refractivity contribution in [2.24, 2.45) is 0 Å². The van der Waals surface area contributed by atoms with Crippen molar-refractivity contribution in [1.29, 1.82) is 0 Å². The van der Waals surface area contributed by atoms with E-state index in [1.54, 1.807) is 11.3 Å². The number of nitrogens with one attached hydrogen (secondary N) is 1. The van der Waals surface area contributed by atoms with E-state index in [1.807, 2.05) is 41.8 Å². The molecule has 0 saturated carbocycles. The Hall–Kier alpha value is -2.01. The highest BCUT2D eigenvalue weighted by Crippen LogP contribution is 2.30. The number of ether oxygens (including phenoxy) is 1. The summed E-state index contributed by atoms with van der Waals surface area (Å²) in [6.45, 7) is 2.50. The number of benzene rings is 1. The summed E-state index contributed by atoms with van der Waals surface area (Å²) in [6.07, 6.45) is 0.923. The van der Waals surface area contributed by atoms with E-state index in [0.29, 0.717) is 19.7 Å². The zero-order valence-corrected chi connectivity index (χ0v) is 12.6. The second kappa shape index (κ2) is 6.63. The number of para-hydroxylation sites is 2. The fourth-order valence-electron chi connectivity index (χ4n) is 2.39. The van der Waals surface area contributed by atoms with Gasteiger partial charge in [-0.25, -0.2) is 0 Å². The number of hydrogen-bond acceptors (Lipinski definition) is 4. The van der Waals surface area contributed by atoms with Gasteiger partial charge in [0, 0.05) is 11.4 Å². The lowest BCUT2D eigenvalue weighted by Gasteiger charge is -2.23. The first-order valence-corrected chi connectivity index (χ1v) is 7.97. The fourth-order valence-corrected chi connectivity index (χ4v) is 3.04. The molecule has 1 aromatic carbocycles. The summed E-state index contributed by atoms with van der Waals surface area (Å²) in [5.41, 5.74) is 1.00. The Bertz CT molecular complexity index is 598. The zero-order chi connectivity index (χ0) is 14.5. The molecule has 0 atom stereocenters. The summed E-state index contributed by atoms with van der Waals surface area (Å²) in [4.78, 5) is 15.4. The summed E-state index contributed by atoms with van der Waals surface area (Å²) in [5, 5.41) is 4.99. The van der Waals surface area contributed by atoms with Gasteiger partial charge in [0.2, 0.25) is 5.91 Å². The number of hydrogen-bond donors (Lipinski definition) is 1. The van der Waals surface area contributed by atoms with Crippen molar-refractivity contribution in [3.05, 3.63) is 46.7 Å². The van der Waals surface area contributed by atoms with Crippen LogP contribution in [-0.4, -0.2) is 25.6 Å². The molecule has 2 heterocycles. The van der Waals surface area contributed by atoms with E-state index >= 15 is 0 Å². The quantitative estimate of drug-likeness (QED) is 0.944. The average molecular weight is 302 g/mol. The Morgan fingerprint density at radius 1 is 1.29 bits per heavy atom. The number of amides is 1. The van der Waals surface area contributed by atoms with E-state index in [0.717, 1.165) is 24.4 Å². The third kappa shape index (κ3) is 3.55. The molecular formula is C16H18N2O2S. The van der Waals surface area contributed by atoms with Crippen LogP contribution >= 0.6 is 11.3 Å². The molecule has 0 spiro atoms. The molecule has 0 aliphatic carbocycles. The zero-order valence-electron chi connectivity index (χ0n) is 11.7. The third-order valence-corrected chi connectivity index (χ3v) is 4.29. The van der Waals surface area contributed by atoms with Gasteiger partial charge >= 0.3 is 0 Å². The summed E-state index contributed by atoms with van der Waals surface area (Å²) in [6, 6.07) is 11.9. The SMILES string of the molecule is O=C(CN1CCCOc2ccccc21)NCc1cccs1. The number of carbonyl (C=O) groups is 1. The number of anilines is 1. The normalized spacial score (nSPS) is 14.0. The smallest absolute Gasteiger partial charge is 0.239 e. The maximum atomic E-state index is 12.1. The summed E-state index contributed by atoms with van der Waals surface area (Å²) < 4.78 is 5.71. The highest BCUT2D eigenvalue weighted by Gasteiger charge is 2.18. The topological polar surface area (TPSA) is 41.6 Å². The molecule has 4 nitrogen and oxygen atoms in total. The lowest BCUT2D eigenvalue weighted by Crippen LogP contribution is -2.37. The maximum absolute atomic E-state index is 12.1. The van der Waals surface area contributed by atoms with Gasteiger partial charge in [0.1, 0.15) is 5.75 Å². The molecule has 21 heavy (non-hydrogen) atoms. The van der Waals surface area contributed by atoms with E-state index in [4.69, 9.17) is 4.74 Å². The van der Waals surface area contributed by atoms with Gasteiger partial charge in [-0.15, -0.1) is 11.3 Å². The number of rotatable bonds is 4.